The van der Waals surface area contributed by atoms with Crippen molar-refractivity contribution >= 4 is 11.5 Å². The van der Waals surface area contributed by atoms with Gasteiger partial charge in [0.1, 0.15) is 5.69 Å². The SMILES string of the molecule is CC(=O)c1ccc(N(C)C2CCCCC2C)cn1. The molecule has 0 aromatic carbocycles. The second kappa shape index (κ2) is 5.51. The fraction of sp³-hybridized carbons (Fsp3) is 0.600. The Morgan fingerprint density at radius 2 is 2.06 bits per heavy atom. The van der Waals surface area contributed by atoms with Gasteiger partial charge in [0.25, 0.3) is 0 Å². The van der Waals surface area contributed by atoms with Crippen molar-refractivity contribution in [1.29, 1.82) is 0 Å². The van der Waals surface area contributed by atoms with Crippen molar-refractivity contribution in [2.45, 2.75) is 45.6 Å². The van der Waals surface area contributed by atoms with Gasteiger partial charge in [0, 0.05) is 20.0 Å². The average molecular weight is 246 g/mol. The summed E-state index contributed by atoms with van der Waals surface area (Å²) in [7, 11) is 2.14. The number of anilines is 1. The van der Waals surface area contributed by atoms with Crippen LogP contribution in [0.3, 0.4) is 0 Å². The normalized spacial score (nSPS) is 23.7. The molecule has 3 nitrogen and oxygen atoms in total. The van der Waals surface area contributed by atoms with E-state index in [1.165, 1.54) is 25.7 Å². The first kappa shape index (κ1) is 13.1. The van der Waals surface area contributed by atoms with Crippen molar-refractivity contribution in [2.75, 3.05) is 11.9 Å². The molecule has 98 valence electrons. The van der Waals surface area contributed by atoms with Crippen LogP contribution < -0.4 is 4.90 Å². The number of rotatable bonds is 3. The van der Waals surface area contributed by atoms with Crippen LogP contribution in [0.2, 0.25) is 0 Å². The highest BCUT2D eigenvalue weighted by molar-refractivity contribution is 5.92. The number of nitrogens with zero attached hydrogens (tertiary/aromatic N) is 2. The highest BCUT2D eigenvalue weighted by Crippen LogP contribution is 2.30. The molecule has 0 amide bonds. The molecule has 1 fully saturated rings. The molecule has 0 bridgehead atoms. The van der Waals surface area contributed by atoms with Crippen molar-refractivity contribution in [1.82, 2.24) is 4.98 Å². The molecule has 0 radical (unpaired) electrons. The highest BCUT2D eigenvalue weighted by atomic mass is 16.1. The molecule has 18 heavy (non-hydrogen) atoms. The molecule has 2 atom stereocenters. The average Bonchev–Trinajstić information content (AvgIpc) is 2.38. The number of hydrogen-bond donors (Lipinski definition) is 0. The number of carbonyl (C=O) groups is 1. The van der Waals surface area contributed by atoms with Crippen LogP contribution >= 0.6 is 0 Å². The molecule has 3 heteroatoms. The molecule has 1 aliphatic rings. The van der Waals surface area contributed by atoms with Gasteiger partial charge in [-0.15, -0.1) is 0 Å². The molecule has 0 saturated heterocycles. The standard InChI is InChI=1S/C15H22N2O/c1-11-6-4-5-7-15(11)17(3)13-8-9-14(12(2)18)16-10-13/h8-11,15H,4-7H2,1-3H3. The van der Waals surface area contributed by atoms with E-state index in [-0.39, 0.29) is 5.78 Å². The zero-order valence-corrected chi connectivity index (χ0v) is 11.5. The molecule has 0 spiro atoms. The van der Waals surface area contributed by atoms with Gasteiger partial charge in [-0.25, -0.2) is 0 Å². The quantitative estimate of drug-likeness (QED) is 0.767. The zero-order chi connectivity index (χ0) is 13.1. The van der Waals surface area contributed by atoms with E-state index in [1.54, 1.807) is 6.92 Å². The summed E-state index contributed by atoms with van der Waals surface area (Å²) in [5, 5.41) is 0. The van der Waals surface area contributed by atoms with E-state index in [0.29, 0.717) is 11.7 Å². The number of hydrogen-bond acceptors (Lipinski definition) is 3. The van der Waals surface area contributed by atoms with Crippen molar-refractivity contribution in [3.05, 3.63) is 24.0 Å². The number of aromatic nitrogens is 1. The lowest BCUT2D eigenvalue weighted by molar-refractivity contribution is 0.101. The summed E-state index contributed by atoms with van der Waals surface area (Å²) in [6, 6.07) is 4.43. The summed E-state index contributed by atoms with van der Waals surface area (Å²) >= 11 is 0. The molecular weight excluding hydrogens is 224 g/mol. The van der Waals surface area contributed by atoms with Gasteiger partial charge < -0.3 is 4.90 Å². The summed E-state index contributed by atoms with van der Waals surface area (Å²) in [6.45, 7) is 3.88. The lowest BCUT2D eigenvalue weighted by atomic mass is 9.85. The third-order valence-corrected chi connectivity index (χ3v) is 4.08. The molecule has 1 aliphatic carbocycles. The predicted octanol–water partition coefficient (Wildman–Crippen LogP) is 3.30. The Hall–Kier alpha value is -1.38. The van der Waals surface area contributed by atoms with E-state index >= 15 is 0 Å². The van der Waals surface area contributed by atoms with E-state index in [9.17, 15) is 4.79 Å². The van der Waals surface area contributed by atoms with Gasteiger partial charge >= 0.3 is 0 Å². The van der Waals surface area contributed by atoms with Crippen molar-refractivity contribution in [3.63, 3.8) is 0 Å². The van der Waals surface area contributed by atoms with E-state index in [1.807, 2.05) is 18.3 Å². The first-order chi connectivity index (χ1) is 8.59. The summed E-state index contributed by atoms with van der Waals surface area (Å²) in [5.41, 5.74) is 1.66. The molecule has 0 aliphatic heterocycles. The second-order valence-electron chi connectivity index (χ2n) is 5.40. The minimum atomic E-state index is 0.0234. The minimum Gasteiger partial charge on any atom is -0.370 e. The van der Waals surface area contributed by atoms with Crippen LogP contribution in [0.15, 0.2) is 18.3 Å². The monoisotopic (exact) mass is 246 g/mol. The fourth-order valence-electron chi connectivity index (χ4n) is 2.87. The maximum atomic E-state index is 11.2. The van der Waals surface area contributed by atoms with E-state index in [4.69, 9.17) is 0 Å². The van der Waals surface area contributed by atoms with Crippen molar-refractivity contribution < 1.29 is 4.79 Å². The van der Waals surface area contributed by atoms with Gasteiger partial charge in [-0.2, -0.15) is 0 Å². The smallest absolute Gasteiger partial charge is 0.178 e. The Bertz CT molecular complexity index is 413. The van der Waals surface area contributed by atoms with Crippen LogP contribution in [0, 0.1) is 5.92 Å². The van der Waals surface area contributed by atoms with Crippen LogP contribution in [-0.2, 0) is 0 Å². The van der Waals surface area contributed by atoms with Gasteiger partial charge in [0.2, 0.25) is 0 Å². The van der Waals surface area contributed by atoms with Crippen LogP contribution in [0.5, 0.6) is 0 Å². The molecule has 0 N–H and O–H groups in total. The van der Waals surface area contributed by atoms with Gasteiger partial charge in [-0.3, -0.25) is 9.78 Å². The van der Waals surface area contributed by atoms with Gasteiger partial charge in [-0.1, -0.05) is 19.8 Å². The number of ketones is 1. The molecule has 1 saturated carbocycles. The van der Waals surface area contributed by atoms with Gasteiger partial charge in [-0.05, 0) is 30.9 Å². The summed E-state index contributed by atoms with van der Waals surface area (Å²) < 4.78 is 0. The second-order valence-corrected chi connectivity index (χ2v) is 5.40. The first-order valence-electron chi connectivity index (χ1n) is 6.79. The number of carbonyl (C=O) groups excluding carboxylic acids is 1. The zero-order valence-electron chi connectivity index (χ0n) is 11.5. The van der Waals surface area contributed by atoms with Crippen molar-refractivity contribution in [3.8, 4) is 0 Å². The largest absolute Gasteiger partial charge is 0.370 e. The Labute approximate surface area is 109 Å². The van der Waals surface area contributed by atoms with Crippen LogP contribution in [0.4, 0.5) is 5.69 Å². The topological polar surface area (TPSA) is 33.2 Å². The van der Waals surface area contributed by atoms with E-state index in [0.717, 1.165) is 11.6 Å². The summed E-state index contributed by atoms with van der Waals surface area (Å²) in [6.07, 6.45) is 7.06. The van der Waals surface area contributed by atoms with Crippen molar-refractivity contribution in [2.24, 2.45) is 5.92 Å². The number of Topliss-reactive ketones (excluding diaryl/α,β-unsaturated/α-hetero) is 1. The molecular formula is C15H22N2O. The number of pyridine rings is 1. The summed E-state index contributed by atoms with van der Waals surface area (Å²) in [4.78, 5) is 17.8. The van der Waals surface area contributed by atoms with Crippen LogP contribution in [-0.4, -0.2) is 23.9 Å². The van der Waals surface area contributed by atoms with Gasteiger partial charge in [0.15, 0.2) is 5.78 Å². The lowest BCUT2D eigenvalue weighted by Crippen LogP contribution is -2.39. The molecule has 2 unspecified atom stereocenters. The maximum Gasteiger partial charge on any atom is 0.178 e. The molecule has 1 aromatic rings. The highest BCUT2D eigenvalue weighted by Gasteiger charge is 2.25. The third kappa shape index (κ3) is 2.71. The van der Waals surface area contributed by atoms with Gasteiger partial charge in [0.05, 0.1) is 11.9 Å². The Kier molecular flexibility index (Phi) is 4.00. The fourth-order valence-corrected chi connectivity index (χ4v) is 2.87. The van der Waals surface area contributed by atoms with E-state index < -0.39 is 0 Å². The Balaban J connectivity index is 2.12. The summed E-state index contributed by atoms with van der Waals surface area (Å²) in [5.74, 6) is 0.756. The Morgan fingerprint density at radius 1 is 1.33 bits per heavy atom. The lowest BCUT2D eigenvalue weighted by Gasteiger charge is -2.37. The molecule has 1 aromatic heterocycles. The first-order valence-corrected chi connectivity index (χ1v) is 6.79. The Morgan fingerprint density at radius 3 is 2.61 bits per heavy atom. The predicted molar refractivity (Wildman–Crippen MR) is 74.1 cm³/mol. The minimum absolute atomic E-state index is 0.0234. The van der Waals surface area contributed by atoms with Crippen LogP contribution in [0.1, 0.15) is 50.0 Å². The third-order valence-electron chi connectivity index (χ3n) is 4.08. The molecule has 2 rings (SSSR count). The maximum absolute atomic E-state index is 11.2. The van der Waals surface area contributed by atoms with E-state index in [2.05, 4.69) is 23.9 Å². The molecule has 1 heterocycles. The van der Waals surface area contributed by atoms with Crippen LogP contribution in [0.25, 0.3) is 0 Å².